The summed E-state index contributed by atoms with van der Waals surface area (Å²) in [5.41, 5.74) is 0.413. The molecule has 34 heavy (non-hydrogen) atoms. The maximum atomic E-state index is 13.1. The highest BCUT2D eigenvalue weighted by Gasteiger charge is 2.27. The number of amides is 1. The van der Waals surface area contributed by atoms with E-state index in [0.29, 0.717) is 36.1 Å². The van der Waals surface area contributed by atoms with Gasteiger partial charge in [-0.15, -0.1) is 0 Å². The molecule has 1 aliphatic heterocycles. The summed E-state index contributed by atoms with van der Waals surface area (Å²) < 4.78 is 28.3. The van der Waals surface area contributed by atoms with Crippen LogP contribution in [0.5, 0.6) is 0 Å². The fourth-order valence-corrected chi connectivity index (χ4v) is 5.74. The zero-order chi connectivity index (χ0) is 24.1. The molecule has 2 aromatic carbocycles. The first-order valence-electron chi connectivity index (χ1n) is 11.8. The van der Waals surface area contributed by atoms with Crippen LogP contribution < -0.4 is 10.9 Å². The van der Waals surface area contributed by atoms with Crippen molar-refractivity contribution in [2.24, 2.45) is 0 Å². The number of hydrogen-bond donors (Lipinski definition) is 1. The molecule has 8 nitrogen and oxygen atoms in total. The predicted octanol–water partition coefficient (Wildman–Crippen LogP) is 4.01. The number of aryl methyl sites for hydroxylation is 1. The third-order valence-electron chi connectivity index (χ3n) is 6.12. The number of anilines is 1. The van der Waals surface area contributed by atoms with Gasteiger partial charge in [0.1, 0.15) is 0 Å². The Morgan fingerprint density at radius 1 is 0.971 bits per heavy atom. The summed E-state index contributed by atoms with van der Waals surface area (Å²) >= 11 is 0. The average Bonchev–Trinajstić information content (AvgIpc) is 3.39. The van der Waals surface area contributed by atoms with Gasteiger partial charge in [-0.05, 0) is 49.6 Å². The Bertz CT molecular complexity index is 1330. The molecule has 0 spiro atoms. The van der Waals surface area contributed by atoms with Crippen LogP contribution >= 0.6 is 0 Å². The monoisotopic (exact) mass is 482 g/mol. The third-order valence-corrected chi connectivity index (χ3v) is 8.03. The molecule has 1 N–H and O–H groups in total. The van der Waals surface area contributed by atoms with Crippen LogP contribution in [0.2, 0.25) is 0 Å². The van der Waals surface area contributed by atoms with Gasteiger partial charge in [-0.3, -0.25) is 9.59 Å². The number of hydrogen-bond acceptors (Lipinski definition) is 5. The molecule has 0 atom stereocenters. The molecule has 0 bridgehead atoms. The highest BCUT2D eigenvalue weighted by atomic mass is 32.2. The standard InChI is InChI=1S/C25H30N4O4S/c1-2-3-4-7-18-29-25(31)22-11-6-5-10-21(22)23(27-29)24(30)26-19-12-14-20(15-13-19)34(32,33)28-16-8-9-17-28/h5-6,10-15H,2-4,7-9,16-18H2,1H3,(H,26,30). The number of nitrogens with one attached hydrogen (secondary N) is 1. The van der Waals surface area contributed by atoms with Crippen LogP contribution in [0.4, 0.5) is 5.69 Å². The first-order valence-corrected chi connectivity index (χ1v) is 13.3. The minimum absolute atomic E-state index is 0.166. The second-order valence-corrected chi connectivity index (χ2v) is 10.5. The van der Waals surface area contributed by atoms with Crippen molar-refractivity contribution < 1.29 is 13.2 Å². The number of fused-ring (bicyclic) bond motifs is 1. The average molecular weight is 483 g/mol. The molecular weight excluding hydrogens is 452 g/mol. The Labute approximate surface area is 199 Å². The number of carbonyl (C=O) groups excluding carboxylic acids is 1. The van der Waals surface area contributed by atoms with Crippen LogP contribution in [0.25, 0.3) is 10.8 Å². The summed E-state index contributed by atoms with van der Waals surface area (Å²) in [5, 5.41) is 8.13. The van der Waals surface area contributed by atoms with Gasteiger partial charge in [-0.25, -0.2) is 13.1 Å². The minimum atomic E-state index is -3.52. The molecule has 1 aliphatic rings. The van der Waals surface area contributed by atoms with Crippen molar-refractivity contribution in [1.29, 1.82) is 0 Å². The molecule has 4 rings (SSSR count). The lowest BCUT2D eigenvalue weighted by molar-refractivity contribution is 0.102. The van der Waals surface area contributed by atoms with E-state index in [1.807, 2.05) is 0 Å². The molecule has 180 valence electrons. The number of nitrogens with zero attached hydrogens (tertiary/aromatic N) is 3. The fraction of sp³-hybridized carbons (Fsp3) is 0.400. The highest BCUT2D eigenvalue weighted by Crippen LogP contribution is 2.23. The fourth-order valence-electron chi connectivity index (χ4n) is 4.22. The largest absolute Gasteiger partial charge is 0.321 e. The van der Waals surface area contributed by atoms with E-state index in [1.54, 1.807) is 36.4 Å². The van der Waals surface area contributed by atoms with E-state index in [9.17, 15) is 18.0 Å². The first kappa shape index (κ1) is 24.1. The van der Waals surface area contributed by atoms with E-state index in [1.165, 1.54) is 21.1 Å². The van der Waals surface area contributed by atoms with E-state index in [2.05, 4.69) is 17.3 Å². The zero-order valence-electron chi connectivity index (χ0n) is 19.4. The van der Waals surface area contributed by atoms with E-state index in [0.717, 1.165) is 38.5 Å². The molecule has 3 aromatic rings. The van der Waals surface area contributed by atoms with Gasteiger partial charge in [-0.2, -0.15) is 9.40 Å². The normalized spacial score (nSPS) is 14.5. The maximum absolute atomic E-state index is 13.1. The lowest BCUT2D eigenvalue weighted by Gasteiger charge is -2.16. The summed E-state index contributed by atoms with van der Waals surface area (Å²) in [6.45, 7) is 3.64. The number of carbonyl (C=O) groups is 1. The second kappa shape index (κ2) is 10.5. The van der Waals surface area contributed by atoms with Gasteiger partial charge in [-0.1, -0.05) is 44.4 Å². The van der Waals surface area contributed by atoms with Crippen molar-refractivity contribution in [2.75, 3.05) is 18.4 Å². The Balaban J connectivity index is 1.57. The molecule has 1 aromatic heterocycles. The molecule has 1 saturated heterocycles. The van der Waals surface area contributed by atoms with Crippen LogP contribution in [0, 0.1) is 0 Å². The quantitative estimate of drug-likeness (QED) is 0.464. The van der Waals surface area contributed by atoms with Gasteiger partial charge in [0.2, 0.25) is 10.0 Å². The second-order valence-electron chi connectivity index (χ2n) is 8.57. The van der Waals surface area contributed by atoms with Crippen molar-refractivity contribution in [3.8, 4) is 0 Å². The Morgan fingerprint density at radius 3 is 2.32 bits per heavy atom. The van der Waals surface area contributed by atoms with Crippen molar-refractivity contribution in [3.63, 3.8) is 0 Å². The Kier molecular flexibility index (Phi) is 7.43. The molecule has 1 amide bonds. The van der Waals surface area contributed by atoms with Gasteiger partial charge < -0.3 is 5.32 Å². The van der Waals surface area contributed by atoms with Gasteiger partial charge >= 0.3 is 0 Å². The molecule has 0 radical (unpaired) electrons. The van der Waals surface area contributed by atoms with Crippen LogP contribution in [0.1, 0.15) is 55.9 Å². The van der Waals surface area contributed by atoms with Crippen LogP contribution in [0.15, 0.2) is 58.2 Å². The third kappa shape index (κ3) is 5.05. The summed E-state index contributed by atoms with van der Waals surface area (Å²) in [5.74, 6) is -0.450. The summed E-state index contributed by atoms with van der Waals surface area (Å²) in [7, 11) is -3.52. The zero-order valence-corrected chi connectivity index (χ0v) is 20.2. The maximum Gasteiger partial charge on any atom is 0.276 e. The predicted molar refractivity (Wildman–Crippen MR) is 133 cm³/mol. The van der Waals surface area contributed by atoms with Crippen LogP contribution in [-0.4, -0.2) is 41.5 Å². The molecule has 9 heteroatoms. The minimum Gasteiger partial charge on any atom is -0.321 e. The number of unbranched alkanes of at least 4 members (excludes halogenated alkanes) is 3. The van der Waals surface area contributed by atoms with Crippen molar-refractivity contribution >= 4 is 32.4 Å². The number of benzene rings is 2. The van der Waals surface area contributed by atoms with Crippen molar-refractivity contribution in [1.82, 2.24) is 14.1 Å². The molecular formula is C25H30N4O4S. The molecule has 0 saturated carbocycles. The highest BCUT2D eigenvalue weighted by molar-refractivity contribution is 7.89. The van der Waals surface area contributed by atoms with Gasteiger partial charge in [0.05, 0.1) is 10.3 Å². The molecule has 2 heterocycles. The van der Waals surface area contributed by atoms with E-state index >= 15 is 0 Å². The lowest BCUT2D eigenvalue weighted by atomic mass is 10.1. The van der Waals surface area contributed by atoms with Crippen molar-refractivity contribution in [2.45, 2.75) is 56.9 Å². The van der Waals surface area contributed by atoms with Crippen LogP contribution in [0.3, 0.4) is 0 Å². The van der Waals surface area contributed by atoms with Crippen LogP contribution in [-0.2, 0) is 16.6 Å². The van der Waals surface area contributed by atoms with Gasteiger partial charge in [0, 0.05) is 30.7 Å². The summed E-state index contributed by atoms with van der Waals surface area (Å²) in [6.07, 6.45) is 5.72. The van der Waals surface area contributed by atoms with E-state index < -0.39 is 15.9 Å². The number of rotatable bonds is 9. The molecule has 0 unspecified atom stereocenters. The molecule has 1 fully saturated rings. The first-order chi connectivity index (χ1) is 16.4. The Hall–Kier alpha value is -3.04. The smallest absolute Gasteiger partial charge is 0.276 e. The summed E-state index contributed by atoms with van der Waals surface area (Å²) in [4.78, 5) is 26.2. The number of sulfonamides is 1. The SMILES string of the molecule is CCCCCCn1nc(C(=O)Nc2ccc(S(=O)(=O)N3CCCC3)cc2)c2ccccc2c1=O. The summed E-state index contributed by atoms with van der Waals surface area (Å²) in [6, 6.07) is 13.1. The lowest BCUT2D eigenvalue weighted by Crippen LogP contribution is -2.28. The topological polar surface area (TPSA) is 101 Å². The van der Waals surface area contributed by atoms with E-state index in [-0.39, 0.29) is 16.1 Å². The number of aromatic nitrogens is 2. The van der Waals surface area contributed by atoms with E-state index in [4.69, 9.17) is 0 Å². The Morgan fingerprint density at radius 2 is 1.65 bits per heavy atom. The molecule has 0 aliphatic carbocycles. The van der Waals surface area contributed by atoms with Crippen molar-refractivity contribution in [3.05, 3.63) is 64.6 Å². The van der Waals surface area contributed by atoms with Gasteiger partial charge in [0.15, 0.2) is 5.69 Å². The van der Waals surface area contributed by atoms with Gasteiger partial charge in [0.25, 0.3) is 11.5 Å².